The standard InChI is InChI=1S/C12H11F2NO2/c13-12(14)17-10-4-3-9(6-15)5-11(10)16-7-8-1-2-8/h3-5,8,12H,1-2,7H2. The minimum atomic E-state index is -2.90. The molecule has 0 unspecified atom stereocenters. The summed E-state index contributed by atoms with van der Waals surface area (Å²) in [7, 11) is 0. The van der Waals surface area contributed by atoms with Crippen molar-refractivity contribution < 1.29 is 18.3 Å². The number of hydrogen-bond donors (Lipinski definition) is 0. The van der Waals surface area contributed by atoms with Crippen LogP contribution in [0.15, 0.2) is 18.2 Å². The highest BCUT2D eigenvalue weighted by molar-refractivity contribution is 5.46. The molecule has 0 atom stereocenters. The Morgan fingerprint density at radius 1 is 1.35 bits per heavy atom. The Bertz CT molecular complexity index is 439. The Kier molecular flexibility index (Phi) is 3.43. The number of benzene rings is 1. The van der Waals surface area contributed by atoms with E-state index in [0.29, 0.717) is 18.1 Å². The molecule has 0 N–H and O–H groups in total. The summed E-state index contributed by atoms with van der Waals surface area (Å²) in [6, 6.07) is 6.09. The molecular weight excluding hydrogens is 228 g/mol. The molecule has 0 aromatic heterocycles. The molecule has 0 aliphatic heterocycles. The molecule has 0 radical (unpaired) electrons. The van der Waals surface area contributed by atoms with E-state index in [1.54, 1.807) is 0 Å². The number of alkyl halides is 2. The van der Waals surface area contributed by atoms with E-state index in [1.807, 2.05) is 6.07 Å². The summed E-state index contributed by atoms with van der Waals surface area (Å²) in [5, 5.41) is 8.73. The molecule has 1 saturated carbocycles. The zero-order valence-electron chi connectivity index (χ0n) is 9.03. The van der Waals surface area contributed by atoms with Crippen molar-refractivity contribution in [3.05, 3.63) is 23.8 Å². The van der Waals surface area contributed by atoms with Gasteiger partial charge in [0.25, 0.3) is 0 Å². The lowest BCUT2D eigenvalue weighted by atomic mass is 10.2. The van der Waals surface area contributed by atoms with Crippen molar-refractivity contribution in [1.82, 2.24) is 0 Å². The maximum atomic E-state index is 12.2. The summed E-state index contributed by atoms with van der Waals surface area (Å²) in [5.41, 5.74) is 0.359. The lowest BCUT2D eigenvalue weighted by molar-refractivity contribution is -0.0515. The second-order valence-corrected chi connectivity index (χ2v) is 3.91. The molecule has 1 aliphatic rings. The highest BCUT2D eigenvalue weighted by Crippen LogP contribution is 2.33. The predicted molar refractivity (Wildman–Crippen MR) is 56.0 cm³/mol. The summed E-state index contributed by atoms with van der Waals surface area (Å²) in [5.74, 6) is 0.677. The molecule has 1 fully saturated rings. The highest BCUT2D eigenvalue weighted by atomic mass is 19.3. The van der Waals surface area contributed by atoms with Gasteiger partial charge < -0.3 is 9.47 Å². The topological polar surface area (TPSA) is 42.2 Å². The summed E-state index contributed by atoms with van der Waals surface area (Å²) < 4.78 is 34.0. The van der Waals surface area contributed by atoms with Gasteiger partial charge in [-0.15, -0.1) is 0 Å². The smallest absolute Gasteiger partial charge is 0.387 e. The quantitative estimate of drug-likeness (QED) is 0.793. The molecule has 0 amide bonds. The van der Waals surface area contributed by atoms with Crippen LogP contribution < -0.4 is 9.47 Å². The fourth-order valence-electron chi connectivity index (χ4n) is 1.38. The minimum Gasteiger partial charge on any atom is -0.489 e. The van der Waals surface area contributed by atoms with E-state index in [4.69, 9.17) is 10.00 Å². The van der Waals surface area contributed by atoms with Crippen molar-refractivity contribution in [2.24, 2.45) is 5.92 Å². The molecule has 0 saturated heterocycles. The number of nitriles is 1. The van der Waals surface area contributed by atoms with Gasteiger partial charge in [0.1, 0.15) is 0 Å². The zero-order chi connectivity index (χ0) is 12.3. The predicted octanol–water partition coefficient (Wildman–Crippen LogP) is 2.95. The molecule has 2 rings (SSSR count). The van der Waals surface area contributed by atoms with E-state index in [2.05, 4.69) is 4.74 Å². The van der Waals surface area contributed by atoms with Gasteiger partial charge in [0, 0.05) is 6.07 Å². The van der Waals surface area contributed by atoms with E-state index < -0.39 is 6.61 Å². The van der Waals surface area contributed by atoms with E-state index in [1.165, 1.54) is 18.2 Å². The third-order valence-corrected chi connectivity index (χ3v) is 2.46. The van der Waals surface area contributed by atoms with Crippen LogP contribution in [-0.2, 0) is 0 Å². The summed E-state index contributed by atoms with van der Waals surface area (Å²) >= 11 is 0. The van der Waals surface area contributed by atoms with Crippen LogP contribution in [0.3, 0.4) is 0 Å². The fraction of sp³-hybridized carbons (Fsp3) is 0.417. The van der Waals surface area contributed by atoms with Crippen LogP contribution in [0, 0.1) is 17.2 Å². The molecule has 5 heteroatoms. The summed E-state index contributed by atoms with van der Waals surface area (Å²) in [4.78, 5) is 0. The van der Waals surface area contributed by atoms with Crippen molar-refractivity contribution in [2.45, 2.75) is 19.5 Å². The number of hydrogen-bond acceptors (Lipinski definition) is 3. The lowest BCUT2D eigenvalue weighted by Gasteiger charge is -2.11. The summed E-state index contributed by atoms with van der Waals surface area (Å²) in [6.07, 6.45) is 2.20. The van der Waals surface area contributed by atoms with Crippen LogP contribution in [0.2, 0.25) is 0 Å². The van der Waals surface area contributed by atoms with Gasteiger partial charge in [-0.05, 0) is 30.9 Å². The second kappa shape index (κ2) is 5.00. The normalized spacial score (nSPS) is 14.5. The average molecular weight is 239 g/mol. The largest absolute Gasteiger partial charge is 0.489 e. The van der Waals surface area contributed by atoms with Gasteiger partial charge in [0.15, 0.2) is 11.5 Å². The number of rotatable bonds is 5. The van der Waals surface area contributed by atoms with Crippen molar-refractivity contribution in [3.63, 3.8) is 0 Å². The first kappa shape index (κ1) is 11.6. The first-order valence-corrected chi connectivity index (χ1v) is 5.31. The van der Waals surface area contributed by atoms with Gasteiger partial charge in [-0.1, -0.05) is 0 Å². The molecule has 0 heterocycles. The monoisotopic (exact) mass is 239 g/mol. The number of nitrogens with zero attached hydrogens (tertiary/aromatic N) is 1. The molecule has 0 spiro atoms. The Morgan fingerprint density at radius 3 is 2.71 bits per heavy atom. The van der Waals surface area contributed by atoms with Crippen LogP contribution in [0.4, 0.5) is 8.78 Å². The molecule has 0 bridgehead atoms. The minimum absolute atomic E-state index is 0.0281. The Balaban J connectivity index is 2.13. The third kappa shape index (κ3) is 3.31. The number of halogens is 2. The maximum absolute atomic E-state index is 12.2. The SMILES string of the molecule is N#Cc1ccc(OC(F)F)c(OCC2CC2)c1. The highest BCUT2D eigenvalue weighted by Gasteiger charge is 2.23. The van der Waals surface area contributed by atoms with E-state index in [9.17, 15) is 8.78 Å². The van der Waals surface area contributed by atoms with Crippen molar-refractivity contribution in [2.75, 3.05) is 6.61 Å². The van der Waals surface area contributed by atoms with Crippen molar-refractivity contribution >= 4 is 0 Å². The Hall–Kier alpha value is -1.83. The molecule has 17 heavy (non-hydrogen) atoms. The van der Waals surface area contributed by atoms with Gasteiger partial charge in [0.05, 0.1) is 18.2 Å². The van der Waals surface area contributed by atoms with Gasteiger partial charge in [-0.3, -0.25) is 0 Å². The second-order valence-electron chi connectivity index (χ2n) is 3.91. The Labute approximate surface area is 97.6 Å². The molecule has 1 aromatic rings. The van der Waals surface area contributed by atoms with Crippen LogP contribution >= 0.6 is 0 Å². The van der Waals surface area contributed by atoms with Gasteiger partial charge >= 0.3 is 6.61 Å². The third-order valence-electron chi connectivity index (χ3n) is 2.46. The molecule has 1 aliphatic carbocycles. The van der Waals surface area contributed by atoms with Crippen LogP contribution in [0.5, 0.6) is 11.5 Å². The molecular formula is C12H11F2NO2. The van der Waals surface area contributed by atoms with Gasteiger partial charge in [0.2, 0.25) is 0 Å². The van der Waals surface area contributed by atoms with E-state index in [0.717, 1.165) is 12.8 Å². The zero-order valence-corrected chi connectivity index (χ0v) is 9.03. The molecule has 3 nitrogen and oxygen atoms in total. The maximum Gasteiger partial charge on any atom is 0.387 e. The lowest BCUT2D eigenvalue weighted by Crippen LogP contribution is -2.06. The van der Waals surface area contributed by atoms with Gasteiger partial charge in [-0.2, -0.15) is 14.0 Å². The van der Waals surface area contributed by atoms with Crippen LogP contribution in [0.25, 0.3) is 0 Å². The first-order chi connectivity index (χ1) is 8.19. The molecule has 90 valence electrons. The van der Waals surface area contributed by atoms with Crippen molar-refractivity contribution in [1.29, 1.82) is 5.26 Å². The number of ether oxygens (including phenoxy) is 2. The fourth-order valence-corrected chi connectivity index (χ4v) is 1.38. The van der Waals surface area contributed by atoms with E-state index >= 15 is 0 Å². The van der Waals surface area contributed by atoms with Crippen LogP contribution in [-0.4, -0.2) is 13.2 Å². The average Bonchev–Trinajstić information content (AvgIpc) is 3.11. The molecule has 1 aromatic carbocycles. The summed E-state index contributed by atoms with van der Waals surface area (Å²) in [6.45, 7) is -2.42. The first-order valence-electron chi connectivity index (χ1n) is 5.31. The van der Waals surface area contributed by atoms with Gasteiger partial charge in [-0.25, -0.2) is 0 Å². The Morgan fingerprint density at radius 2 is 2.12 bits per heavy atom. The van der Waals surface area contributed by atoms with E-state index in [-0.39, 0.29) is 11.5 Å². The van der Waals surface area contributed by atoms with Crippen LogP contribution in [0.1, 0.15) is 18.4 Å². The van der Waals surface area contributed by atoms with Crippen molar-refractivity contribution in [3.8, 4) is 17.6 Å².